The second kappa shape index (κ2) is 11.4. The van der Waals surface area contributed by atoms with Gasteiger partial charge in [0.05, 0.1) is 17.7 Å². The normalized spacial score (nSPS) is 10.7. The van der Waals surface area contributed by atoms with Crippen molar-refractivity contribution in [2.24, 2.45) is 0 Å². The second-order valence-corrected chi connectivity index (χ2v) is 6.50. The Balaban J connectivity index is 2.71. The van der Waals surface area contributed by atoms with E-state index in [1.54, 1.807) is 12.1 Å². The average molecular weight is 448 g/mol. The summed E-state index contributed by atoms with van der Waals surface area (Å²) in [5.74, 6) is -0.853. The first kappa shape index (κ1) is 20.9. The van der Waals surface area contributed by atoms with Crippen LogP contribution in [-0.2, 0) is 14.2 Å². The van der Waals surface area contributed by atoms with Crippen molar-refractivity contribution in [2.45, 2.75) is 46.1 Å². The predicted molar refractivity (Wildman–Crippen MR) is 100 cm³/mol. The van der Waals surface area contributed by atoms with Crippen molar-refractivity contribution in [1.29, 1.82) is 0 Å². The van der Waals surface area contributed by atoms with E-state index in [1.807, 2.05) is 20.8 Å². The number of benzene rings is 1. The molecule has 0 aliphatic heterocycles. The molecule has 0 radical (unpaired) electrons. The predicted octanol–water partition coefficient (Wildman–Crippen LogP) is 4.22. The molecule has 0 saturated heterocycles. The molecule has 0 aliphatic rings. The van der Waals surface area contributed by atoms with Crippen molar-refractivity contribution < 1.29 is 23.8 Å². The van der Waals surface area contributed by atoms with Crippen LogP contribution in [0, 0.1) is 3.57 Å². The zero-order valence-corrected chi connectivity index (χ0v) is 16.6. The SMILES string of the molecule is CCOCCCOC(=O)c1cc(I)cc(C(=O)OC(CC)CC)c1. The van der Waals surface area contributed by atoms with E-state index in [2.05, 4.69) is 22.6 Å². The van der Waals surface area contributed by atoms with Gasteiger partial charge in [0, 0.05) is 23.2 Å². The molecule has 0 saturated carbocycles. The summed E-state index contributed by atoms with van der Waals surface area (Å²) in [5.41, 5.74) is 0.727. The quantitative estimate of drug-likeness (QED) is 0.305. The van der Waals surface area contributed by atoms with Crippen LogP contribution < -0.4 is 0 Å². The highest BCUT2D eigenvalue weighted by Crippen LogP contribution is 2.16. The van der Waals surface area contributed by atoms with Gasteiger partial charge in [0.2, 0.25) is 0 Å². The Labute approximate surface area is 157 Å². The summed E-state index contributed by atoms with van der Waals surface area (Å²) in [4.78, 5) is 24.4. The molecule has 0 bridgehead atoms. The zero-order valence-electron chi connectivity index (χ0n) is 14.5. The average Bonchev–Trinajstić information content (AvgIpc) is 2.58. The zero-order chi connectivity index (χ0) is 17.9. The van der Waals surface area contributed by atoms with Gasteiger partial charge in [-0.15, -0.1) is 0 Å². The Bertz CT molecular complexity index is 540. The van der Waals surface area contributed by atoms with Gasteiger partial charge in [-0.3, -0.25) is 0 Å². The minimum Gasteiger partial charge on any atom is -0.462 e. The third kappa shape index (κ3) is 7.17. The minimum atomic E-state index is -0.443. The summed E-state index contributed by atoms with van der Waals surface area (Å²) in [6.07, 6.45) is 2.07. The van der Waals surface area contributed by atoms with Crippen LogP contribution in [0.25, 0.3) is 0 Å². The number of esters is 2. The Morgan fingerprint density at radius 2 is 1.62 bits per heavy atom. The Kier molecular flexibility index (Phi) is 9.94. The van der Waals surface area contributed by atoms with Crippen LogP contribution in [0.5, 0.6) is 0 Å². The lowest BCUT2D eigenvalue weighted by atomic mass is 10.1. The van der Waals surface area contributed by atoms with E-state index in [0.717, 1.165) is 16.4 Å². The fourth-order valence-electron chi connectivity index (χ4n) is 2.05. The number of hydrogen-bond acceptors (Lipinski definition) is 5. The molecule has 134 valence electrons. The number of carbonyl (C=O) groups excluding carboxylic acids is 2. The summed E-state index contributed by atoms with van der Waals surface area (Å²) < 4.78 is 16.6. The van der Waals surface area contributed by atoms with Gasteiger partial charge in [0.1, 0.15) is 6.10 Å². The van der Waals surface area contributed by atoms with Gasteiger partial charge in [-0.2, -0.15) is 0 Å². The Hall–Kier alpha value is -1.15. The highest BCUT2D eigenvalue weighted by Gasteiger charge is 2.17. The lowest BCUT2D eigenvalue weighted by molar-refractivity contribution is 0.0284. The van der Waals surface area contributed by atoms with E-state index in [1.165, 1.54) is 6.07 Å². The molecular weight excluding hydrogens is 423 g/mol. The summed E-state index contributed by atoms with van der Waals surface area (Å²) in [6.45, 7) is 7.36. The summed E-state index contributed by atoms with van der Waals surface area (Å²) in [7, 11) is 0. The first-order chi connectivity index (χ1) is 11.5. The highest BCUT2D eigenvalue weighted by molar-refractivity contribution is 14.1. The number of rotatable bonds is 10. The fraction of sp³-hybridized carbons (Fsp3) is 0.556. The van der Waals surface area contributed by atoms with Crippen molar-refractivity contribution in [3.63, 3.8) is 0 Å². The molecule has 0 amide bonds. The summed E-state index contributed by atoms with van der Waals surface area (Å²) in [6, 6.07) is 4.92. The van der Waals surface area contributed by atoms with Crippen molar-refractivity contribution in [1.82, 2.24) is 0 Å². The topological polar surface area (TPSA) is 61.8 Å². The van der Waals surface area contributed by atoms with Crippen molar-refractivity contribution >= 4 is 34.5 Å². The van der Waals surface area contributed by atoms with Crippen LogP contribution in [0.1, 0.15) is 60.7 Å². The van der Waals surface area contributed by atoms with Gasteiger partial charge >= 0.3 is 11.9 Å². The van der Waals surface area contributed by atoms with E-state index in [9.17, 15) is 9.59 Å². The van der Waals surface area contributed by atoms with E-state index in [0.29, 0.717) is 30.8 Å². The minimum absolute atomic E-state index is 0.107. The molecule has 0 fully saturated rings. The van der Waals surface area contributed by atoms with Crippen LogP contribution in [0.15, 0.2) is 18.2 Å². The lowest BCUT2D eigenvalue weighted by Gasteiger charge is -2.14. The number of ether oxygens (including phenoxy) is 3. The molecule has 1 aromatic rings. The maximum Gasteiger partial charge on any atom is 0.338 e. The van der Waals surface area contributed by atoms with E-state index in [4.69, 9.17) is 14.2 Å². The van der Waals surface area contributed by atoms with Crippen LogP contribution in [0.4, 0.5) is 0 Å². The van der Waals surface area contributed by atoms with Crippen LogP contribution >= 0.6 is 22.6 Å². The molecule has 1 aromatic carbocycles. The van der Waals surface area contributed by atoms with Crippen molar-refractivity contribution in [2.75, 3.05) is 19.8 Å². The smallest absolute Gasteiger partial charge is 0.338 e. The summed E-state index contributed by atoms with van der Waals surface area (Å²) in [5, 5.41) is 0. The van der Waals surface area contributed by atoms with Crippen molar-refractivity contribution in [3.8, 4) is 0 Å². The van der Waals surface area contributed by atoms with Crippen molar-refractivity contribution in [3.05, 3.63) is 32.9 Å². The first-order valence-corrected chi connectivity index (χ1v) is 9.36. The highest BCUT2D eigenvalue weighted by atomic mass is 127. The van der Waals surface area contributed by atoms with Gasteiger partial charge in [0.15, 0.2) is 0 Å². The maximum atomic E-state index is 12.2. The molecule has 0 atom stereocenters. The van der Waals surface area contributed by atoms with E-state index in [-0.39, 0.29) is 12.7 Å². The molecule has 24 heavy (non-hydrogen) atoms. The fourth-order valence-corrected chi connectivity index (χ4v) is 2.72. The first-order valence-electron chi connectivity index (χ1n) is 8.28. The largest absolute Gasteiger partial charge is 0.462 e. The van der Waals surface area contributed by atoms with Crippen LogP contribution in [0.2, 0.25) is 0 Å². The molecule has 1 rings (SSSR count). The molecular formula is C18H25IO5. The van der Waals surface area contributed by atoms with Gasteiger partial charge in [-0.05, 0) is 60.6 Å². The third-order valence-electron chi connectivity index (χ3n) is 3.42. The van der Waals surface area contributed by atoms with E-state index < -0.39 is 11.9 Å². The molecule has 6 heteroatoms. The molecule has 0 unspecified atom stereocenters. The maximum absolute atomic E-state index is 12.2. The molecule has 0 aromatic heterocycles. The van der Waals surface area contributed by atoms with Crippen LogP contribution in [-0.4, -0.2) is 37.9 Å². The van der Waals surface area contributed by atoms with Gasteiger partial charge in [-0.25, -0.2) is 9.59 Å². The number of halogens is 1. The van der Waals surface area contributed by atoms with E-state index >= 15 is 0 Å². The van der Waals surface area contributed by atoms with Gasteiger partial charge in [0.25, 0.3) is 0 Å². The molecule has 0 heterocycles. The van der Waals surface area contributed by atoms with Gasteiger partial charge in [-0.1, -0.05) is 13.8 Å². The van der Waals surface area contributed by atoms with Crippen LogP contribution in [0.3, 0.4) is 0 Å². The number of hydrogen-bond donors (Lipinski definition) is 0. The second-order valence-electron chi connectivity index (χ2n) is 5.26. The molecule has 0 spiro atoms. The molecule has 0 aliphatic carbocycles. The lowest BCUT2D eigenvalue weighted by Crippen LogP contribution is -2.17. The molecule has 0 N–H and O–H groups in total. The Morgan fingerprint density at radius 1 is 1.00 bits per heavy atom. The third-order valence-corrected chi connectivity index (χ3v) is 4.05. The monoisotopic (exact) mass is 448 g/mol. The Morgan fingerprint density at radius 3 is 2.21 bits per heavy atom. The number of carbonyl (C=O) groups is 2. The summed E-state index contributed by atoms with van der Waals surface area (Å²) >= 11 is 2.07. The standard InChI is InChI=1S/C18H25IO5/c1-4-16(5-2)24-18(21)14-10-13(11-15(19)12-14)17(20)23-9-7-8-22-6-3/h10-12,16H,4-9H2,1-3H3. The van der Waals surface area contributed by atoms with Gasteiger partial charge < -0.3 is 14.2 Å². The molecule has 5 nitrogen and oxygen atoms in total.